The van der Waals surface area contributed by atoms with E-state index in [-0.39, 0.29) is 11.7 Å². The first-order valence-electron chi connectivity index (χ1n) is 6.72. The van der Waals surface area contributed by atoms with Gasteiger partial charge in [0.05, 0.1) is 5.02 Å². The average molecular weight is 314 g/mol. The number of amides is 1. The van der Waals surface area contributed by atoms with Crippen molar-refractivity contribution in [3.05, 3.63) is 33.9 Å². The number of benzene rings is 1. The van der Waals surface area contributed by atoms with E-state index in [1.807, 2.05) is 0 Å². The Morgan fingerprint density at radius 2 is 2.10 bits per heavy atom. The molecule has 1 aromatic heterocycles. The van der Waals surface area contributed by atoms with Gasteiger partial charge >= 0.3 is 0 Å². The summed E-state index contributed by atoms with van der Waals surface area (Å²) in [6.07, 6.45) is 2.06. The predicted octanol–water partition coefficient (Wildman–Crippen LogP) is 4.86. The van der Waals surface area contributed by atoms with E-state index in [4.69, 9.17) is 11.6 Å². The molecule has 0 aliphatic heterocycles. The number of halogens is 2. The van der Waals surface area contributed by atoms with E-state index in [0.29, 0.717) is 27.1 Å². The average Bonchev–Trinajstić information content (AvgIpc) is 2.76. The lowest BCUT2D eigenvalue weighted by atomic mass is 10.0. The molecule has 0 saturated carbocycles. The minimum atomic E-state index is -0.320. The lowest BCUT2D eigenvalue weighted by Crippen LogP contribution is -2.28. The minimum absolute atomic E-state index is 0.177. The first kappa shape index (κ1) is 15.3. The highest BCUT2D eigenvalue weighted by Crippen LogP contribution is 2.35. The van der Waals surface area contributed by atoms with Gasteiger partial charge in [0.25, 0.3) is 5.91 Å². The lowest BCUT2D eigenvalue weighted by molar-refractivity contribution is 0.0950. The van der Waals surface area contributed by atoms with Crippen molar-refractivity contribution in [3.8, 4) is 0 Å². The second kappa shape index (κ2) is 6.55. The predicted molar refractivity (Wildman–Crippen MR) is 83.2 cm³/mol. The number of rotatable bonds is 5. The van der Waals surface area contributed by atoms with E-state index in [0.717, 1.165) is 18.2 Å². The topological polar surface area (TPSA) is 29.1 Å². The van der Waals surface area contributed by atoms with Crippen molar-refractivity contribution in [1.29, 1.82) is 0 Å². The number of carbonyl (C=O) groups is 1. The minimum Gasteiger partial charge on any atom is -0.351 e. The van der Waals surface area contributed by atoms with Crippen LogP contribution >= 0.6 is 22.9 Å². The molecule has 0 unspecified atom stereocenters. The Bertz CT molecular complexity index is 622. The van der Waals surface area contributed by atoms with E-state index >= 15 is 0 Å². The molecule has 0 aliphatic carbocycles. The van der Waals surface area contributed by atoms with E-state index in [2.05, 4.69) is 19.2 Å². The summed E-state index contributed by atoms with van der Waals surface area (Å²) in [5.74, 6) is -0.0209. The van der Waals surface area contributed by atoms with E-state index in [1.165, 1.54) is 23.5 Å². The molecule has 2 rings (SSSR count). The fraction of sp³-hybridized carbons (Fsp3) is 0.400. The molecular weight excluding hydrogens is 297 g/mol. The van der Waals surface area contributed by atoms with Crippen LogP contribution in [-0.4, -0.2) is 12.5 Å². The molecule has 0 aliphatic rings. The van der Waals surface area contributed by atoms with Gasteiger partial charge in [-0.3, -0.25) is 4.79 Å². The van der Waals surface area contributed by atoms with Crippen molar-refractivity contribution in [3.63, 3.8) is 0 Å². The van der Waals surface area contributed by atoms with Crippen molar-refractivity contribution in [2.45, 2.75) is 26.7 Å². The maximum Gasteiger partial charge on any atom is 0.262 e. The highest BCUT2D eigenvalue weighted by Gasteiger charge is 2.18. The molecule has 1 aromatic carbocycles. The van der Waals surface area contributed by atoms with Crippen molar-refractivity contribution in [2.75, 3.05) is 6.54 Å². The number of fused-ring (bicyclic) bond motifs is 1. The van der Waals surface area contributed by atoms with Gasteiger partial charge in [0.2, 0.25) is 0 Å². The maximum absolute atomic E-state index is 13.2. The number of carbonyl (C=O) groups excluding carboxylic acids is 1. The molecule has 0 saturated heterocycles. The molecule has 108 valence electrons. The molecular formula is C15H17ClFNOS. The molecule has 2 aromatic rings. The summed E-state index contributed by atoms with van der Waals surface area (Å²) < 4.78 is 13.9. The van der Waals surface area contributed by atoms with Crippen LogP contribution in [-0.2, 0) is 0 Å². The smallest absolute Gasteiger partial charge is 0.262 e. The number of hydrogen-bond donors (Lipinski definition) is 1. The second-order valence-electron chi connectivity index (χ2n) is 4.78. The van der Waals surface area contributed by atoms with Gasteiger partial charge in [0.15, 0.2) is 0 Å². The first-order chi connectivity index (χ1) is 9.56. The van der Waals surface area contributed by atoms with Crippen molar-refractivity contribution in [2.24, 2.45) is 5.92 Å². The van der Waals surface area contributed by atoms with Crippen molar-refractivity contribution in [1.82, 2.24) is 5.32 Å². The normalized spacial score (nSPS) is 11.2. The number of nitrogens with one attached hydrogen (secondary N) is 1. The molecule has 0 spiro atoms. The van der Waals surface area contributed by atoms with Crippen LogP contribution in [0.25, 0.3) is 10.1 Å². The zero-order valence-electron chi connectivity index (χ0n) is 11.5. The summed E-state index contributed by atoms with van der Waals surface area (Å²) in [6.45, 7) is 4.86. The summed E-state index contributed by atoms with van der Waals surface area (Å²) in [5, 5.41) is 4.05. The highest BCUT2D eigenvalue weighted by molar-refractivity contribution is 7.21. The Balaban J connectivity index is 2.20. The fourth-order valence-electron chi connectivity index (χ4n) is 2.08. The van der Waals surface area contributed by atoms with Crippen LogP contribution in [0.15, 0.2) is 18.2 Å². The van der Waals surface area contributed by atoms with Crippen LogP contribution in [0.5, 0.6) is 0 Å². The molecule has 0 bridgehead atoms. The molecule has 2 nitrogen and oxygen atoms in total. The third kappa shape index (κ3) is 3.13. The molecule has 5 heteroatoms. The third-order valence-corrected chi connectivity index (χ3v) is 5.16. The summed E-state index contributed by atoms with van der Waals surface area (Å²) in [4.78, 5) is 12.6. The molecule has 0 radical (unpaired) electrons. The Hall–Kier alpha value is -1.13. The largest absolute Gasteiger partial charge is 0.351 e. The monoisotopic (exact) mass is 313 g/mol. The van der Waals surface area contributed by atoms with E-state index in [1.54, 1.807) is 6.07 Å². The van der Waals surface area contributed by atoms with Crippen LogP contribution in [0.1, 0.15) is 36.4 Å². The molecule has 1 N–H and O–H groups in total. The van der Waals surface area contributed by atoms with Crippen LogP contribution in [0.2, 0.25) is 5.02 Å². The van der Waals surface area contributed by atoms with Gasteiger partial charge in [0, 0.05) is 16.6 Å². The maximum atomic E-state index is 13.2. The fourth-order valence-corrected chi connectivity index (χ4v) is 3.54. The Morgan fingerprint density at radius 1 is 1.40 bits per heavy atom. The SMILES string of the molecule is CCC(CC)CNC(=O)c1sc2cc(F)ccc2c1Cl. The van der Waals surface area contributed by atoms with Gasteiger partial charge < -0.3 is 5.32 Å². The molecule has 20 heavy (non-hydrogen) atoms. The summed E-state index contributed by atoms with van der Waals surface area (Å²) in [5.41, 5.74) is 0. The zero-order chi connectivity index (χ0) is 14.7. The van der Waals surface area contributed by atoms with Crippen LogP contribution in [0.3, 0.4) is 0 Å². The van der Waals surface area contributed by atoms with Gasteiger partial charge in [-0.05, 0) is 24.1 Å². The highest BCUT2D eigenvalue weighted by atomic mass is 35.5. The zero-order valence-corrected chi connectivity index (χ0v) is 13.1. The quantitative estimate of drug-likeness (QED) is 0.839. The van der Waals surface area contributed by atoms with Gasteiger partial charge in [-0.25, -0.2) is 4.39 Å². The molecule has 1 heterocycles. The Labute approximate surface area is 126 Å². The number of hydrogen-bond acceptors (Lipinski definition) is 2. The van der Waals surface area contributed by atoms with Gasteiger partial charge in [0.1, 0.15) is 10.7 Å². The lowest BCUT2D eigenvalue weighted by Gasteiger charge is -2.12. The Morgan fingerprint density at radius 3 is 2.75 bits per heavy atom. The van der Waals surface area contributed by atoms with Crippen molar-refractivity contribution < 1.29 is 9.18 Å². The molecule has 1 amide bonds. The van der Waals surface area contributed by atoms with Gasteiger partial charge in [-0.1, -0.05) is 38.3 Å². The van der Waals surface area contributed by atoms with Crippen LogP contribution in [0.4, 0.5) is 4.39 Å². The van der Waals surface area contributed by atoms with E-state index < -0.39 is 0 Å². The molecule has 0 atom stereocenters. The standard InChI is InChI=1S/C15H17ClFNOS/c1-3-9(4-2)8-18-15(19)14-13(16)11-6-5-10(17)7-12(11)20-14/h5-7,9H,3-4,8H2,1-2H3,(H,18,19). The summed E-state index contributed by atoms with van der Waals surface area (Å²) in [7, 11) is 0. The second-order valence-corrected chi connectivity index (χ2v) is 6.21. The van der Waals surface area contributed by atoms with Crippen LogP contribution < -0.4 is 5.32 Å². The van der Waals surface area contributed by atoms with Gasteiger partial charge in [-0.2, -0.15) is 0 Å². The summed E-state index contributed by atoms with van der Waals surface area (Å²) in [6, 6.07) is 4.37. The van der Waals surface area contributed by atoms with Crippen LogP contribution in [0, 0.1) is 11.7 Å². The third-order valence-electron chi connectivity index (χ3n) is 3.50. The molecule has 0 fully saturated rings. The number of thiophene rings is 1. The van der Waals surface area contributed by atoms with E-state index in [9.17, 15) is 9.18 Å². The Kier molecular flexibility index (Phi) is 5.00. The van der Waals surface area contributed by atoms with Gasteiger partial charge in [-0.15, -0.1) is 11.3 Å². The summed E-state index contributed by atoms with van der Waals surface area (Å²) >= 11 is 7.44. The first-order valence-corrected chi connectivity index (χ1v) is 7.92. The van der Waals surface area contributed by atoms with Crippen molar-refractivity contribution >= 4 is 38.9 Å².